The number of aliphatic imine (C=N–C) groups is 1. The first kappa shape index (κ1) is 23.3. The van der Waals surface area contributed by atoms with Crippen molar-refractivity contribution in [2.75, 3.05) is 45.0 Å². The fraction of sp³-hybridized carbons (Fsp3) is 0.778. The van der Waals surface area contributed by atoms with Crippen molar-refractivity contribution in [3.63, 3.8) is 0 Å². The number of nitrogens with one attached hydrogen (secondary N) is 2. The minimum absolute atomic E-state index is 0.481. The highest BCUT2D eigenvalue weighted by Gasteiger charge is 2.32. The van der Waals surface area contributed by atoms with E-state index < -0.39 is 12.7 Å². The van der Waals surface area contributed by atoms with Crippen molar-refractivity contribution in [3.05, 3.63) is 11.6 Å². The minimum Gasteiger partial charge on any atom is -0.357 e. The van der Waals surface area contributed by atoms with Crippen molar-refractivity contribution >= 4 is 29.1 Å². The molecular formula is C18H30F3N5S2. The molecule has 1 aromatic rings. The van der Waals surface area contributed by atoms with Crippen molar-refractivity contribution in [1.82, 2.24) is 20.5 Å². The number of hydrogen-bond donors (Lipinski definition) is 2. The first-order valence-electron chi connectivity index (χ1n) is 9.80. The van der Waals surface area contributed by atoms with E-state index in [1.54, 1.807) is 23.1 Å². The summed E-state index contributed by atoms with van der Waals surface area (Å²) in [6.45, 7) is 4.68. The van der Waals surface area contributed by atoms with Gasteiger partial charge in [-0.1, -0.05) is 11.8 Å². The van der Waals surface area contributed by atoms with E-state index in [1.807, 2.05) is 18.5 Å². The maximum absolute atomic E-state index is 12.4. The Labute approximate surface area is 173 Å². The quantitative estimate of drug-likeness (QED) is 0.252. The van der Waals surface area contributed by atoms with Gasteiger partial charge >= 0.3 is 6.18 Å². The summed E-state index contributed by atoms with van der Waals surface area (Å²) in [7, 11) is 0. The van der Waals surface area contributed by atoms with Gasteiger partial charge in [0.25, 0.3) is 0 Å². The zero-order chi connectivity index (χ0) is 20.2. The number of likely N-dealkylation sites (tertiary alicyclic amines) is 1. The molecular weight excluding hydrogens is 407 g/mol. The van der Waals surface area contributed by atoms with Gasteiger partial charge in [0.2, 0.25) is 0 Å². The number of alkyl halides is 3. The Kier molecular flexibility index (Phi) is 10.4. The molecule has 2 rings (SSSR count). The molecule has 0 aliphatic carbocycles. The van der Waals surface area contributed by atoms with Gasteiger partial charge in [0, 0.05) is 37.0 Å². The lowest BCUT2D eigenvalue weighted by Gasteiger charge is -2.32. The van der Waals surface area contributed by atoms with E-state index in [4.69, 9.17) is 0 Å². The Bertz CT molecular complexity index is 558. The Balaban J connectivity index is 1.59. The van der Waals surface area contributed by atoms with Gasteiger partial charge in [-0.3, -0.25) is 9.89 Å². The van der Waals surface area contributed by atoms with Crippen molar-refractivity contribution in [3.8, 4) is 0 Å². The minimum atomic E-state index is -4.09. The van der Waals surface area contributed by atoms with Crippen molar-refractivity contribution in [2.45, 2.75) is 43.1 Å². The normalized spacial score (nSPS) is 17.1. The third kappa shape index (κ3) is 9.97. The highest BCUT2D eigenvalue weighted by Crippen LogP contribution is 2.24. The first-order valence-corrected chi connectivity index (χ1v) is 11.7. The van der Waals surface area contributed by atoms with E-state index >= 15 is 0 Å². The molecule has 2 heterocycles. The van der Waals surface area contributed by atoms with Crippen LogP contribution in [-0.4, -0.2) is 67.0 Å². The number of piperidine rings is 1. The molecule has 1 fully saturated rings. The van der Waals surface area contributed by atoms with Crippen LogP contribution in [0.5, 0.6) is 0 Å². The smallest absolute Gasteiger partial charge is 0.357 e. The largest absolute Gasteiger partial charge is 0.401 e. The summed E-state index contributed by atoms with van der Waals surface area (Å²) in [5.41, 5.74) is 0. The van der Waals surface area contributed by atoms with Crippen LogP contribution >= 0.6 is 23.1 Å². The molecule has 1 aliphatic heterocycles. The number of rotatable bonds is 10. The average molecular weight is 438 g/mol. The van der Waals surface area contributed by atoms with Gasteiger partial charge in [-0.25, -0.2) is 4.98 Å². The third-order valence-corrected chi connectivity index (χ3v) is 6.56. The number of nitrogens with zero attached hydrogens (tertiary/aromatic N) is 3. The molecule has 0 aromatic carbocycles. The molecule has 0 amide bonds. The molecule has 28 heavy (non-hydrogen) atoms. The van der Waals surface area contributed by atoms with Crippen LogP contribution in [0.2, 0.25) is 0 Å². The van der Waals surface area contributed by atoms with E-state index in [-0.39, 0.29) is 0 Å². The van der Waals surface area contributed by atoms with E-state index in [0.717, 1.165) is 61.4 Å². The van der Waals surface area contributed by atoms with Gasteiger partial charge in [0.15, 0.2) is 5.96 Å². The maximum atomic E-state index is 12.4. The highest BCUT2D eigenvalue weighted by atomic mass is 32.2. The lowest BCUT2D eigenvalue weighted by atomic mass is 9.93. The van der Waals surface area contributed by atoms with E-state index in [2.05, 4.69) is 20.6 Å². The van der Waals surface area contributed by atoms with Crippen LogP contribution in [0.4, 0.5) is 13.2 Å². The van der Waals surface area contributed by atoms with Crippen LogP contribution in [0.25, 0.3) is 0 Å². The number of hydrogen-bond acceptors (Lipinski definition) is 5. The summed E-state index contributed by atoms with van der Waals surface area (Å²) in [6.07, 6.45) is 1.34. The van der Waals surface area contributed by atoms with Crippen LogP contribution in [0, 0.1) is 5.92 Å². The number of thiazole rings is 1. The summed E-state index contributed by atoms with van der Waals surface area (Å²) in [5, 5.41) is 8.58. The fourth-order valence-electron chi connectivity index (χ4n) is 3.12. The third-order valence-electron chi connectivity index (χ3n) is 4.51. The molecule has 10 heteroatoms. The zero-order valence-corrected chi connectivity index (χ0v) is 17.9. The van der Waals surface area contributed by atoms with Crippen LogP contribution in [-0.2, 0) is 0 Å². The molecule has 2 N–H and O–H groups in total. The van der Waals surface area contributed by atoms with Gasteiger partial charge in [0.05, 0.1) is 6.54 Å². The van der Waals surface area contributed by atoms with Gasteiger partial charge in [-0.15, -0.1) is 11.3 Å². The number of halogens is 3. The van der Waals surface area contributed by atoms with Crippen molar-refractivity contribution in [1.29, 1.82) is 0 Å². The molecule has 5 nitrogen and oxygen atoms in total. The second kappa shape index (κ2) is 12.5. The van der Waals surface area contributed by atoms with E-state index in [9.17, 15) is 13.2 Å². The summed E-state index contributed by atoms with van der Waals surface area (Å²) >= 11 is 3.41. The Morgan fingerprint density at radius 3 is 2.79 bits per heavy atom. The number of aromatic nitrogens is 1. The molecule has 0 spiro atoms. The SMILES string of the molecule is CCNC(=NCCCSc1nccs1)NCCC1CCN(CC(F)(F)F)CC1. The lowest BCUT2D eigenvalue weighted by Crippen LogP contribution is -2.41. The summed E-state index contributed by atoms with van der Waals surface area (Å²) in [6, 6.07) is 0. The predicted molar refractivity (Wildman–Crippen MR) is 111 cm³/mol. The molecule has 0 atom stereocenters. The molecule has 0 saturated carbocycles. The number of thioether (sulfide) groups is 1. The Morgan fingerprint density at radius 1 is 1.36 bits per heavy atom. The summed E-state index contributed by atoms with van der Waals surface area (Å²) < 4.78 is 38.4. The fourth-order valence-corrected chi connectivity index (χ4v) is 4.75. The summed E-state index contributed by atoms with van der Waals surface area (Å²) in [4.78, 5) is 10.4. The van der Waals surface area contributed by atoms with Gasteiger partial charge in [-0.2, -0.15) is 13.2 Å². The Hall–Kier alpha value is -1.00. The molecule has 1 aromatic heterocycles. The van der Waals surface area contributed by atoms with Crippen LogP contribution in [0.3, 0.4) is 0 Å². The standard InChI is InChI=1S/C18H30F3N5S2/c1-2-22-16(23-7-3-12-27-17-25-9-13-28-17)24-8-4-15-5-10-26(11-6-15)14-18(19,20)21/h9,13,15H,2-8,10-12,14H2,1H3,(H2,22,23,24). The summed E-state index contributed by atoms with van der Waals surface area (Å²) in [5.74, 6) is 2.29. The Morgan fingerprint density at radius 2 is 2.14 bits per heavy atom. The highest BCUT2D eigenvalue weighted by molar-refractivity contribution is 8.00. The monoisotopic (exact) mass is 437 g/mol. The van der Waals surface area contributed by atoms with Gasteiger partial charge in [0.1, 0.15) is 4.34 Å². The van der Waals surface area contributed by atoms with E-state index in [0.29, 0.717) is 19.0 Å². The molecule has 1 aliphatic rings. The second-order valence-electron chi connectivity index (χ2n) is 6.81. The van der Waals surface area contributed by atoms with Crippen molar-refractivity contribution < 1.29 is 13.2 Å². The predicted octanol–water partition coefficient (Wildman–Crippen LogP) is 3.84. The molecule has 0 bridgehead atoms. The van der Waals surface area contributed by atoms with Crippen LogP contribution < -0.4 is 10.6 Å². The first-order chi connectivity index (χ1) is 13.5. The molecule has 0 unspecified atom stereocenters. The van der Waals surface area contributed by atoms with Crippen molar-refractivity contribution in [2.24, 2.45) is 10.9 Å². The van der Waals surface area contributed by atoms with E-state index in [1.165, 1.54) is 4.90 Å². The van der Waals surface area contributed by atoms with Crippen LogP contribution in [0.1, 0.15) is 32.6 Å². The van der Waals surface area contributed by atoms with Crippen LogP contribution in [0.15, 0.2) is 20.9 Å². The van der Waals surface area contributed by atoms with Gasteiger partial charge < -0.3 is 10.6 Å². The lowest BCUT2D eigenvalue weighted by molar-refractivity contribution is -0.148. The average Bonchev–Trinajstić information content (AvgIpc) is 3.15. The molecule has 0 radical (unpaired) electrons. The molecule has 160 valence electrons. The zero-order valence-electron chi connectivity index (χ0n) is 16.3. The topological polar surface area (TPSA) is 52.6 Å². The molecule has 1 saturated heterocycles. The number of guanidine groups is 1. The second-order valence-corrected chi connectivity index (χ2v) is 9.05. The maximum Gasteiger partial charge on any atom is 0.401 e. The van der Waals surface area contributed by atoms with Gasteiger partial charge in [-0.05, 0) is 51.6 Å².